The van der Waals surface area contributed by atoms with Crippen molar-refractivity contribution < 1.29 is 0 Å². The van der Waals surface area contributed by atoms with Crippen molar-refractivity contribution in [3.05, 3.63) is 84.6 Å². The Hall–Kier alpha value is -3.05. The number of aromatic nitrogens is 4. The average molecular weight is 355 g/mol. The second kappa shape index (κ2) is 6.93. The second-order valence-corrected chi connectivity index (χ2v) is 6.95. The highest BCUT2D eigenvalue weighted by molar-refractivity contribution is 5.65. The van der Waals surface area contributed by atoms with Gasteiger partial charge in [0, 0.05) is 30.7 Å². The molecule has 1 fully saturated rings. The van der Waals surface area contributed by atoms with E-state index in [4.69, 9.17) is 4.98 Å². The van der Waals surface area contributed by atoms with Crippen LogP contribution in [0.2, 0.25) is 0 Å². The van der Waals surface area contributed by atoms with Gasteiger partial charge in [0.15, 0.2) is 0 Å². The fourth-order valence-electron chi connectivity index (χ4n) is 4.03. The third-order valence-electron chi connectivity index (χ3n) is 5.30. The van der Waals surface area contributed by atoms with Crippen LogP contribution in [0.1, 0.15) is 30.3 Å². The number of likely N-dealkylation sites (tertiary alicyclic amines) is 1. The smallest absolute Gasteiger partial charge is 0.234 e. The largest absolute Gasteiger partial charge is 0.289 e. The normalized spacial score (nSPS) is 17.6. The molecule has 1 aliphatic heterocycles. The van der Waals surface area contributed by atoms with Crippen molar-refractivity contribution in [2.45, 2.75) is 25.4 Å². The third kappa shape index (κ3) is 3.00. The maximum atomic E-state index is 4.83. The lowest BCUT2D eigenvalue weighted by molar-refractivity contribution is 0.241. The molecule has 4 heterocycles. The number of nitrogens with zero attached hydrogens (tertiary/aromatic N) is 5. The van der Waals surface area contributed by atoms with Crippen LogP contribution >= 0.6 is 0 Å². The van der Waals surface area contributed by atoms with Gasteiger partial charge in [0.25, 0.3) is 0 Å². The first kappa shape index (κ1) is 16.1. The second-order valence-electron chi connectivity index (χ2n) is 6.95. The lowest BCUT2D eigenvalue weighted by Gasteiger charge is -2.24. The van der Waals surface area contributed by atoms with Crippen molar-refractivity contribution in [2.24, 2.45) is 0 Å². The van der Waals surface area contributed by atoms with Crippen LogP contribution < -0.4 is 0 Å². The lowest BCUT2D eigenvalue weighted by atomic mass is 10.1. The highest BCUT2D eigenvalue weighted by Gasteiger charge is 2.29. The molecule has 0 saturated carbocycles. The summed E-state index contributed by atoms with van der Waals surface area (Å²) < 4.78 is 2.12. The van der Waals surface area contributed by atoms with Gasteiger partial charge in [-0.2, -0.15) is 0 Å². The van der Waals surface area contributed by atoms with Gasteiger partial charge < -0.3 is 0 Å². The van der Waals surface area contributed by atoms with Gasteiger partial charge in [0.05, 0.1) is 23.1 Å². The Balaban J connectivity index is 1.56. The van der Waals surface area contributed by atoms with E-state index in [1.807, 2.05) is 24.4 Å². The Labute approximate surface area is 158 Å². The summed E-state index contributed by atoms with van der Waals surface area (Å²) in [5, 5.41) is 0. The topological polar surface area (TPSA) is 46.3 Å². The molecule has 3 aromatic heterocycles. The standard InChI is InChI=1S/C22H21N5/c1-2-8-17(9-3-1)21-20(27-15-7-13-24-22(27)25-21)16-26-14-6-11-19(26)18-10-4-5-12-23-18/h1-5,7-10,12-13,15,19H,6,11,14,16H2. The molecular formula is C22H21N5. The molecule has 27 heavy (non-hydrogen) atoms. The predicted octanol–water partition coefficient (Wildman–Crippen LogP) is 4.13. The van der Waals surface area contributed by atoms with Crippen LogP contribution in [0.15, 0.2) is 73.2 Å². The van der Waals surface area contributed by atoms with Gasteiger partial charge in [0.1, 0.15) is 0 Å². The molecule has 0 aliphatic carbocycles. The molecule has 1 unspecified atom stereocenters. The van der Waals surface area contributed by atoms with Gasteiger partial charge in [-0.3, -0.25) is 14.3 Å². The minimum absolute atomic E-state index is 0.358. The van der Waals surface area contributed by atoms with Gasteiger partial charge in [-0.25, -0.2) is 9.97 Å². The summed E-state index contributed by atoms with van der Waals surface area (Å²) in [6.45, 7) is 1.90. The van der Waals surface area contributed by atoms with Crippen molar-refractivity contribution >= 4 is 5.78 Å². The van der Waals surface area contributed by atoms with Crippen molar-refractivity contribution in [3.63, 3.8) is 0 Å². The Kier molecular flexibility index (Phi) is 4.14. The molecule has 1 saturated heterocycles. The Morgan fingerprint density at radius 3 is 2.63 bits per heavy atom. The van der Waals surface area contributed by atoms with Crippen LogP contribution in [0.25, 0.3) is 17.0 Å². The van der Waals surface area contributed by atoms with Crippen molar-refractivity contribution in [1.82, 2.24) is 24.3 Å². The minimum Gasteiger partial charge on any atom is -0.289 e. The minimum atomic E-state index is 0.358. The Morgan fingerprint density at radius 2 is 1.78 bits per heavy atom. The molecule has 1 atom stereocenters. The van der Waals surface area contributed by atoms with Crippen molar-refractivity contribution in [2.75, 3.05) is 6.54 Å². The molecule has 0 bridgehead atoms. The van der Waals surface area contributed by atoms with Gasteiger partial charge >= 0.3 is 0 Å². The monoisotopic (exact) mass is 355 g/mol. The highest BCUT2D eigenvalue weighted by atomic mass is 15.2. The van der Waals surface area contributed by atoms with Crippen molar-refractivity contribution in [1.29, 1.82) is 0 Å². The molecule has 0 amide bonds. The van der Waals surface area contributed by atoms with Crippen LogP contribution in [0.5, 0.6) is 0 Å². The quantitative estimate of drug-likeness (QED) is 0.552. The predicted molar refractivity (Wildman–Crippen MR) is 105 cm³/mol. The first-order chi connectivity index (χ1) is 13.4. The molecule has 5 heteroatoms. The molecule has 0 N–H and O–H groups in total. The average Bonchev–Trinajstić information content (AvgIpc) is 3.35. The summed E-state index contributed by atoms with van der Waals surface area (Å²) in [6.07, 6.45) is 8.08. The zero-order chi connectivity index (χ0) is 18.1. The summed E-state index contributed by atoms with van der Waals surface area (Å²) in [6, 6.07) is 18.9. The van der Waals surface area contributed by atoms with Gasteiger partial charge in [-0.05, 0) is 37.6 Å². The van der Waals surface area contributed by atoms with Crippen LogP contribution in [-0.4, -0.2) is 30.8 Å². The summed E-state index contributed by atoms with van der Waals surface area (Å²) in [4.78, 5) is 16.4. The summed E-state index contributed by atoms with van der Waals surface area (Å²) in [5.74, 6) is 0.750. The van der Waals surface area contributed by atoms with Crippen LogP contribution in [-0.2, 0) is 6.54 Å². The summed E-state index contributed by atoms with van der Waals surface area (Å²) in [5.41, 5.74) is 4.49. The maximum absolute atomic E-state index is 4.83. The Bertz CT molecular complexity index is 1040. The number of hydrogen-bond donors (Lipinski definition) is 0. The van der Waals surface area contributed by atoms with E-state index in [0.29, 0.717) is 6.04 Å². The van der Waals surface area contributed by atoms with Crippen LogP contribution in [0, 0.1) is 0 Å². The van der Waals surface area contributed by atoms with Gasteiger partial charge in [-0.15, -0.1) is 0 Å². The molecule has 5 nitrogen and oxygen atoms in total. The fraction of sp³-hybridized carbons (Fsp3) is 0.227. The van der Waals surface area contributed by atoms with E-state index in [2.05, 4.69) is 61.9 Å². The zero-order valence-corrected chi connectivity index (χ0v) is 15.1. The molecule has 0 spiro atoms. The van der Waals surface area contributed by atoms with E-state index in [0.717, 1.165) is 42.2 Å². The molecule has 4 aromatic rings. The molecule has 5 rings (SSSR count). The van der Waals surface area contributed by atoms with E-state index < -0.39 is 0 Å². The van der Waals surface area contributed by atoms with Crippen LogP contribution in [0.4, 0.5) is 0 Å². The number of benzene rings is 1. The first-order valence-electron chi connectivity index (χ1n) is 9.42. The van der Waals surface area contributed by atoms with Gasteiger partial charge in [-0.1, -0.05) is 36.4 Å². The van der Waals surface area contributed by atoms with Crippen LogP contribution in [0.3, 0.4) is 0 Å². The first-order valence-corrected chi connectivity index (χ1v) is 9.42. The van der Waals surface area contributed by atoms with E-state index in [1.54, 1.807) is 6.20 Å². The number of fused-ring (bicyclic) bond motifs is 1. The highest BCUT2D eigenvalue weighted by Crippen LogP contribution is 2.34. The van der Waals surface area contributed by atoms with E-state index in [-0.39, 0.29) is 0 Å². The summed E-state index contributed by atoms with van der Waals surface area (Å²) >= 11 is 0. The zero-order valence-electron chi connectivity index (χ0n) is 15.1. The van der Waals surface area contributed by atoms with E-state index in [9.17, 15) is 0 Å². The van der Waals surface area contributed by atoms with Crippen molar-refractivity contribution in [3.8, 4) is 11.3 Å². The van der Waals surface area contributed by atoms with Gasteiger partial charge in [0.2, 0.25) is 5.78 Å². The SMILES string of the molecule is c1ccc(-c2nc3ncccn3c2CN2CCCC2c2ccccn2)cc1. The molecular weight excluding hydrogens is 334 g/mol. The number of imidazole rings is 1. The lowest BCUT2D eigenvalue weighted by Crippen LogP contribution is -2.24. The molecule has 1 aliphatic rings. The third-order valence-corrected chi connectivity index (χ3v) is 5.30. The maximum Gasteiger partial charge on any atom is 0.234 e. The molecule has 1 aromatic carbocycles. The number of pyridine rings is 1. The Morgan fingerprint density at radius 1 is 0.926 bits per heavy atom. The molecule has 134 valence electrons. The summed E-state index contributed by atoms with van der Waals surface area (Å²) in [7, 11) is 0. The van der Waals surface area contributed by atoms with E-state index >= 15 is 0 Å². The number of rotatable bonds is 4. The fourth-order valence-corrected chi connectivity index (χ4v) is 4.03. The number of hydrogen-bond acceptors (Lipinski definition) is 4. The van der Waals surface area contributed by atoms with E-state index in [1.165, 1.54) is 12.1 Å². The molecule has 0 radical (unpaired) electrons.